The number of halogens is 2. The first-order valence-electron chi connectivity index (χ1n) is 11.4. The molecule has 0 unspecified atom stereocenters. The van der Waals surface area contributed by atoms with Crippen molar-refractivity contribution in [3.63, 3.8) is 0 Å². The number of rotatable bonds is 6. The number of imide groups is 2. The molecular weight excluding hydrogens is 591 g/mol. The third-order valence-electron chi connectivity index (χ3n) is 5.65. The highest BCUT2D eigenvalue weighted by Gasteiger charge is 2.37. The minimum absolute atomic E-state index is 0.171. The minimum Gasteiger partial charge on any atom is -0.494 e. The van der Waals surface area contributed by atoms with E-state index in [2.05, 4.69) is 60.0 Å². The quantitative estimate of drug-likeness (QED) is 0.203. The Labute approximate surface area is 228 Å². The monoisotopic (exact) mass is 614 g/mol. The Balaban J connectivity index is 1.74. The van der Waals surface area contributed by atoms with E-state index in [1.807, 2.05) is 19.1 Å². The number of hydrogen-bond acceptors (Lipinski definition) is 4. The summed E-state index contributed by atoms with van der Waals surface area (Å²) in [5.41, 5.74) is 5.23. The zero-order valence-electron chi connectivity index (χ0n) is 20.0. The number of urea groups is 1. The van der Waals surface area contributed by atoms with Gasteiger partial charge in [0.1, 0.15) is 11.3 Å². The highest BCUT2D eigenvalue weighted by Crippen LogP contribution is 2.32. The smallest absolute Gasteiger partial charge is 0.335 e. The van der Waals surface area contributed by atoms with Crippen molar-refractivity contribution < 1.29 is 19.1 Å². The topological polar surface area (TPSA) is 75.7 Å². The lowest BCUT2D eigenvalue weighted by Gasteiger charge is -2.27. The van der Waals surface area contributed by atoms with Gasteiger partial charge in [0, 0.05) is 15.6 Å². The van der Waals surface area contributed by atoms with E-state index in [0.29, 0.717) is 24.3 Å². The molecule has 3 aromatic rings. The summed E-state index contributed by atoms with van der Waals surface area (Å²) in [6, 6.07) is 15.8. The molecule has 6 nitrogen and oxygen atoms in total. The predicted molar refractivity (Wildman–Crippen MR) is 150 cm³/mol. The number of amides is 4. The first kappa shape index (κ1) is 25.9. The third kappa shape index (κ3) is 5.47. The van der Waals surface area contributed by atoms with Gasteiger partial charge in [0.25, 0.3) is 11.8 Å². The van der Waals surface area contributed by atoms with E-state index in [0.717, 1.165) is 14.0 Å². The first-order valence-corrected chi connectivity index (χ1v) is 12.8. The molecule has 184 valence electrons. The number of benzene rings is 3. The maximum atomic E-state index is 13.3. The lowest BCUT2D eigenvalue weighted by molar-refractivity contribution is -0.122. The number of nitrogens with zero attached hydrogens (tertiary/aromatic N) is 1. The van der Waals surface area contributed by atoms with Crippen molar-refractivity contribution in [2.24, 2.45) is 0 Å². The highest BCUT2D eigenvalue weighted by molar-refractivity contribution is 14.1. The van der Waals surface area contributed by atoms with Crippen molar-refractivity contribution in [2.45, 2.75) is 27.2 Å². The van der Waals surface area contributed by atoms with Crippen LogP contribution >= 0.6 is 34.2 Å². The molecule has 0 spiro atoms. The summed E-state index contributed by atoms with van der Waals surface area (Å²) < 4.78 is 6.89. The van der Waals surface area contributed by atoms with E-state index in [1.54, 1.807) is 24.3 Å². The van der Waals surface area contributed by atoms with Gasteiger partial charge < -0.3 is 4.74 Å². The normalized spacial score (nSPS) is 14.9. The van der Waals surface area contributed by atoms with Crippen molar-refractivity contribution in [1.82, 2.24) is 5.32 Å². The number of hydrogen-bond donors (Lipinski definition) is 1. The van der Waals surface area contributed by atoms with Crippen molar-refractivity contribution in [3.8, 4) is 5.75 Å². The number of anilines is 1. The van der Waals surface area contributed by atoms with Crippen molar-refractivity contribution in [1.29, 1.82) is 0 Å². The third-order valence-corrected chi connectivity index (χ3v) is 6.93. The molecule has 0 radical (unpaired) electrons. The fourth-order valence-corrected chi connectivity index (χ4v) is 5.26. The van der Waals surface area contributed by atoms with Gasteiger partial charge in [-0.2, -0.15) is 0 Å². The van der Waals surface area contributed by atoms with Gasteiger partial charge in [-0.3, -0.25) is 14.9 Å². The van der Waals surface area contributed by atoms with Gasteiger partial charge in [-0.05, 0) is 84.8 Å². The van der Waals surface area contributed by atoms with Crippen LogP contribution in [0, 0.1) is 17.4 Å². The van der Waals surface area contributed by atoms with Crippen LogP contribution in [-0.4, -0.2) is 24.5 Å². The molecule has 1 aliphatic rings. The fraction of sp³-hybridized carbons (Fsp3) is 0.179. The summed E-state index contributed by atoms with van der Waals surface area (Å²) in [4.78, 5) is 39.3. The van der Waals surface area contributed by atoms with Gasteiger partial charge in [0.2, 0.25) is 0 Å². The lowest BCUT2D eigenvalue weighted by atomic mass is 9.98. The van der Waals surface area contributed by atoms with Crippen LogP contribution in [0.3, 0.4) is 0 Å². The van der Waals surface area contributed by atoms with E-state index in [1.165, 1.54) is 22.8 Å². The number of para-hydroxylation sites is 1. The van der Waals surface area contributed by atoms with Crippen molar-refractivity contribution in [3.05, 3.63) is 96.6 Å². The van der Waals surface area contributed by atoms with E-state index < -0.39 is 17.8 Å². The van der Waals surface area contributed by atoms with E-state index >= 15 is 0 Å². The van der Waals surface area contributed by atoms with Gasteiger partial charge in [-0.15, -0.1) is 0 Å². The molecule has 0 aliphatic carbocycles. The lowest BCUT2D eigenvalue weighted by Crippen LogP contribution is -2.54. The number of aryl methyl sites for hydroxylation is 2. The van der Waals surface area contributed by atoms with Gasteiger partial charge in [-0.25, -0.2) is 9.69 Å². The second-order valence-corrected chi connectivity index (χ2v) is 10.1. The Morgan fingerprint density at radius 1 is 1.03 bits per heavy atom. The molecule has 1 aliphatic heterocycles. The molecule has 1 heterocycles. The Bertz CT molecular complexity index is 1400. The van der Waals surface area contributed by atoms with E-state index in [9.17, 15) is 14.4 Å². The first-order chi connectivity index (χ1) is 17.2. The van der Waals surface area contributed by atoms with Crippen LogP contribution in [0.1, 0.15) is 34.7 Å². The Hall–Kier alpha value is -3.17. The van der Waals surface area contributed by atoms with Crippen LogP contribution in [0.5, 0.6) is 5.75 Å². The Morgan fingerprint density at radius 2 is 1.72 bits per heavy atom. The van der Waals surface area contributed by atoms with Crippen LogP contribution in [0.4, 0.5) is 10.5 Å². The van der Waals surface area contributed by atoms with Crippen molar-refractivity contribution in [2.75, 3.05) is 11.5 Å². The van der Waals surface area contributed by atoms with E-state index in [-0.39, 0.29) is 16.3 Å². The number of carbonyl (C=O) groups is 3. The van der Waals surface area contributed by atoms with Crippen LogP contribution in [0.15, 0.2) is 60.2 Å². The molecule has 0 aromatic heterocycles. The van der Waals surface area contributed by atoms with Crippen LogP contribution in [0.25, 0.3) is 6.08 Å². The van der Waals surface area contributed by atoms with Crippen molar-refractivity contribution >= 4 is 63.8 Å². The molecule has 8 heteroatoms. The molecule has 0 atom stereocenters. The molecule has 4 rings (SSSR count). The summed E-state index contributed by atoms with van der Waals surface area (Å²) in [7, 11) is 0. The zero-order valence-corrected chi connectivity index (χ0v) is 22.9. The molecular formula is C28H24ClIN2O4. The Morgan fingerprint density at radius 3 is 2.39 bits per heavy atom. The summed E-state index contributed by atoms with van der Waals surface area (Å²) in [5, 5.41) is 2.45. The summed E-state index contributed by atoms with van der Waals surface area (Å²) in [6.45, 7) is 6.51. The molecule has 1 N–H and O–H groups in total. The second kappa shape index (κ2) is 10.8. The average molecular weight is 615 g/mol. The molecule has 4 amide bonds. The number of barbiturate groups is 1. The standard InChI is InChI=1S/C28H24ClIN2O4/c1-4-36-25-15-19(14-23(30)20(25)12-18-10-16(2)9-17(3)11-18)13-21-26(33)31-28(35)32(27(21)34)24-8-6-5-7-22(24)29/h5-11,13-15H,4,12H2,1-3H3,(H,31,33,35)/b21-13+. The number of nitrogens with one attached hydrogen (secondary N) is 1. The van der Waals surface area contributed by atoms with E-state index in [4.69, 9.17) is 16.3 Å². The van der Waals surface area contributed by atoms with Crippen LogP contribution in [-0.2, 0) is 16.0 Å². The Kier molecular flexibility index (Phi) is 7.80. The largest absolute Gasteiger partial charge is 0.494 e. The highest BCUT2D eigenvalue weighted by atomic mass is 127. The molecule has 0 bridgehead atoms. The number of ether oxygens (including phenoxy) is 1. The van der Waals surface area contributed by atoms with Crippen LogP contribution in [0.2, 0.25) is 5.02 Å². The zero-order chi connectivity index (χ0) is 26.0. The predicted octanol–water partition coefficient (Wildman–Crippen LogP) is 6.22. The molecule has 1 saturated heterocycles. The maximum Gasteiger partial charge on any atom is 0.335 e. The second-order valence-electron chi connectivity index (χ2n) is 8.49. The maximum absolute atomic E-state index is 13.3. The molecule has 36 heavy (non-hydrogen) atoms. The molecule has 1 fully saturated rings. The van der Waals surface area contributed by atoms with Crippen LogP contribution < -0.4 is 15.0 Å². The summed E-state index contributed by atoms with van der Waals surface area (Å²) >= 11 is 8.46. The number of carbonyl (C=O) groups excluding carboxylic acids is 3. The van der Waals surface area contributed by atoms with Gasteiger partial charge >= 0.3 is 6.03 Å². The minimum atomic E-state index is -0.844. The van der Waals surface area contributed by atoms with Gasteiger partial charge in [0.15, 0.2) is 0 Å². The SMILES string of the molecule is CCOc1cc(/C=C2\C(=O)NC(=O)N(c3ccccc3Cl)C2=O)cc(I)c1Cc1cc(C)cc(C)c1. The molecule has 0 saturated carbocycles. The summed E-state index contributed by atoms with van der Waals surface area (Å²) in [6.07, 6.45) is 2.15. The summed E-state index contributed by atoms with van der Waals surface area (Å²) in [5.74, 6) is -0.831. The molecule has 3 aromatic carbocycles. The van der Waals surface area contributed by atoms with Gasteiger partial charge in [0.05, 0.1) is 17.3 Å². The fourth-order valence-electron chi connectivity index (χ4n) is 4.22. The van der Waals surface area contributed by atoms with Gasteiger partial charge in [-0.1, -0.05) is 53.1 Å². The average Bonchev–Trinajstić information content (AvgIpc) is 2.79.